The first-order valence-corrected chi connectivity index (χ1v) is 11.7. The van der Waals surface area contributed by atoms with Crippen LogP contribution in [0.15, 0.2) is 36.7 Å². The van der Waals surface area contributed by atoms with Crippen LogP contribution < -0.4 is 8.61 Å². The number of fused-ring (bicyclic) bond motifs is 1. The molecule has 9 heteroatoms. The first kappa shape index (κ1) is 21.5. The number of pyridine rings is 1. The number of nitrogens with zero attached hydrogens (tertiary/aromatic N) is 5. The van der Waals surface area contributed by atoms with Crippen molar-refractivity contribution in [3.63, 3.8) is 0 Å². The molecule has 1 atom stereocenters. The molecule has 0 bridgehead atoms. The lowest BCUT2D eigenvalue weighted by Crippen LogP contribution is -2.47. The Morgan fingerprint density at radius 2 is 1.88 bits per heavy atom. The van der Waals surface area contributed by atoms with Crippen molar-refractivity contribution in [1.29, 1.82) is 0 Å². The van der Waals surface area contributed by atoms with E-state index in [9.17, 15) is 13.6 Å². The molecule has 5 rings (SSSR count). The van der Waals surface area contributed by atoms with Crippen molar-refractivity contribution >= 4 is 29.4 Å². The number of hydrogen-bond donors (Lipinski definition) is 0. The third-order valence-corrected chi connectivity index (χ3v) is 7.48. The van der Waals surface area contributed by atoms with Crippen LogP contribution in [0, 0.1) is 5.92 Å². The number of alkyl halides is 2. The zero-order valence-electron chi connectivity index (χ0n) is 18.3. The van der Waals surface area contributed by atoms with Crippen LogP contribution in [0.2, 0.25) is 0 Å². The molecule has 1 amide bonds. The Bertz CT molecular complexity index is 1030. The van der Waals surface area contributed by atoms with Crippen LogP contribution in [-0.2, 0) is 11.3 Å². The van der Waals surface area contributed by atoms with Crippen molar-refractivity contribution in [2.45, 2.75) is 25.8 Å². The van der Waals surface area contributed by atoms with Gasteiger partial charge in [0, 0.05) is 83.5 Å². The van der Waals surface area contributed by atoms with Gasteiger partial charge in [0.15, 0.2) is 0 Å². The number of hydrogen-bond acceptors (Lipinski definition) is 6. The Balaban J connectivity index is 1.29. The normalized spacial score (nSPS) is 22.2. The van der Waals surface area contributed by atoms with E-state index in [1.807, 2.05) is 45.1 Å². The number of rotatable bonds is 5. The lowest BCUT2D eigenvalue weighted by atomic mass is 10.0. The van der Waals surface area contributed by atoms with Crippen LogP contribution in [0.3, 0.4) is 0 Å². The lowest BCUT2D eigenvalue weighted by molar-refractivity contribution is -0.130. The second-order valence-electron chi connectivity index (χ2n) is 8.87. The lowest BCUT2D eigenvalue weighted by Gasteiger charge is -2.34. The van der Waals surface area contributed by atoms with Gasteiger partial charge in [-0.05, 0) is 29.3 Å². The molecule has 3 heterocycles. The molecule has 3 aliphatic rings. The molecule has 2 aromatic rings. The molecule has 1 saturated heterocycles. The Kier molecular flexibility index (Phi) is 5.49. The van der Waals surface area contributed by atoms with Gasteiger partial charge in [0.1, 0.15) is 0 Å². The van der Waals surface area contributed by atoms with Crippen LogP contribution in [0.4, 0.5) is 20.2 Å². The summed E-state index contributed by atoms with van der Waals surface area (Å²) in [6.07, 6.45) is 3.75. The maximum absolute atomic E-state index is 13.4. The maximum Gasteiger partial charge on any atom is 0.253 e. The van der Waals surface area contributed by atoms with Crippen molar-refractivity contribution in [1.82, 2.24) is 14.8 Å². The Morgan fingerprint density at radius 3 is 2.56 bits per heavy atom. The van der Waals surface area contributed by atoms with Crippen LogP contribution in [-0.4, -0.2) is 66.4 Å². The molecule has 1 unspecified atom stereocenters. The summed E-state index contributed by atoms with van der Waals surface area (Å²) in [5.41, 5.74) is 5.25. The Morgan fingerprint density at radius 1 is 1.12 bits per heavy atom. The molecule has 1 aliphatic carbocycles. The van der Waals surface area contributed by atoms with Gasteiger partial charge in [-0.2, -0.15) is 0 Å². The van der Waals surface area contributed by atoms with Gasteiger partial charge < -0.3 is 4.90 Å². The molecule has 1 aromatic carbocycles. The minimum absolute atomic E-state index is 0.0105. The number of piperazine rings is 1. The number of aromatic nitrogens is 1. The summed E-state index contributed by atoms with van der Waals surface area (Å²) >= 11 is 1.48. The Hall–Kier alpha value is -2.39. The van der Waals surface area contributed by atoms with E-state index < -0.39 is 11.8 Å². The maximum atomic E-state index is 13.4. The van der Waals surface area contributed by atoms with E-state index in [2.05, 4.69) is 22.0 Å². The van der Waals surface area contributed by atoms with Crippen molar-refractivity contribution in [2.75, 3.05) is 48.4 Å². The van der Waals surface area contributed by atoms with E-state index in [4.69, 9.17) is 0 Å². The predicted molar refractivity (Wildman–Crippen MR) is 124 cm³/mol. The van der Waals surface area contributed by atoms with Gasteiger partial charge in [-0.25, -0.2) is 8.78 Å². The first-order chi connectivity index (χ1) is 15.3. The molecular formula is C23H27F2N5OS. The summed E-state index contributed by atoms with van der Waals surface area (Å²) < 4.78 is 30.8. The van der Waals surface area contributed by atoms with E-state index in [0.29, 0.717) is 6.54 Å². The van der Waals surface area contributed by atoms with E-state index in [0.717, 1.165) is 60.8 Å². The fraction of sp³-hybridized carbons (Fsp3) is 0.478. The fourth-order valence-corrected chi connectivity index (χ4v) is 5.43. The standard InChI is InChI=1S/C23H27F2N5OS/c1-16(31)29-7-5-28(6-8-29)14-17-9-19(13-26-12-17)18-3-4-21-22(10-18)27(2)32-30(21)15-20-11-23(20,24)25/h3-4,9-10,12-13,20H,5-8,11,14-15H2,1-2H3. The highest BCUT2D eigenvalue weighted by Crippen LogP contribution is 2.53. The quantitative estimate of drug-likeness (QED) is 0.632. The molecule has 6 nitrogen and oxygen atoms in total. The molecule has 0 radical (unpaired) electrons. The molecule has 2 aliphatic heterocycles. The summed E-state index contributed by atoms with van der Waals surface area (Å²) in [6, 6.07) is 8.34. The highest BCUT2D eigenvalue weighted by atomic mass is 32.2. The van der Waals surface area contributed by atoms with Gasteiger partial charge in [0.25, 0.3) is 5.92 Å². The SMILES string of the molecule is CC(=O)N1CCN(Cc2cncc(-c3ccc4c(c3)N(C)SN4CC3CC3(F)F)c2)CC1. The predicted octanol–water partition coefficient (Wildman–Crippen LogP) is 3.89. The zero-order chi connectivity index (χ0) is 22.5. The number of amides is 1. The van der Waals surface area contributed by atoms with Crippen LogP contribution in [0.5, 0.6) is 0 Å². The highest BCUT2D eigenvalue weighted by Gasteiger charge is 2.57. The van der Waals surface area contributed by atoms with Crippen molar-refractivity contribution in [3.8, 4) is 11.1 Å². The van der Waals surface area contributed by atoms with Gasteiger partial charge >= 0.3 is 0 Å². The van der Waals surface area contributed by atoms with Gasteiger partial charge in [-0.15, -0.1) is 0 Å². The van der Waals surface area contributed by atoms with Gasteiger partial charge in [0.05, 0.1) is 23.5 Å². The number of benzene rings is 1. The van der Waals surface area contributed by atoms with E-state index in [1.54, 1.807) is 6.92 Å². The smallest absolute Gasteiger partial charge is 0.253 e. The zero-order valence-corrected chi connectivity index (χ0v) is 19.1. The largest absolute Gasteiger partial charge is 0.340 e. The topological polar surface area (TPSA) is 42.9 Å². The van der Waals surface area contributed by atoms with Crippen LogP contribution in [0.25, 0.3) is 11.1 Å². The fourth-order valence-electron chi connectivity index (χ4n) is 4.41. The molecule has 2 fully saturated rings. The van der Waals surface area contributed by atoms with Gasteiger partial charge in [-0.1, -0.05) is 6.07 Å². The van der Waals surface area contributed by atoms with Gasteiger partial charge in [-0.3, -0.25) is 23.3 Å². The minimum atomic E-state index is -2.51. The average Bonchev–Trinajstić information content (AvgIpc) is 3.25. The number of carbonyl (C=O) groups excluding carboxylic acids is 1. The molecule has 1 aromatic heterocycles. The molecular weight excluding hydrogens is 432 g/mol. The van der Waals surface area contributed by atoms with Crippen LogP contribution >= 0.6 is 12.1 Å². The first-order valence-electron chi connectivity index (χ1n) is 10.9. The number of halogens is 2. The average molecular weight is 460 g/mol. The summed E-state index contributed by atoms with van der Waals surface area (Å²) in [7, 11) is 1.97. The summed E-state index contributed by atoms with van der Waals surface area (Å²) in [5, 5.41) is 0. The minimum Gasteiger partial charge on any atom is -0.340 e. The van der Waals surface area contributed by atoms with Gasteiger partial charge in [0.2, 0.25) is 5.91 Å². The number of carbonyl (C=O) groups is 1. The second kappa shape index (κ2) is 8.19. The summed E-state index contributed by atoms with van der Waals surface area (Å²) in [4.78, 5) is 20.2. The third kappa shape index (κ3) is 4.28. The van der Waals surface area contributed by atoms with E-state index >= 15 is 0 Å². The number of anilines is 2. The molecule has 0 N–H and O–H groups in total. The van der Waals surface area contributed by atoms with Crippen molar-refractivity contribution < 1.29 is 13.6 Å². The molecule has 32 heavy (non-hydrogen) atoms. The highest BCUT2D eigenvalue weighted by molar-refractivity contribution is 8.02. The monoisotopic (exact) mass is 459 g/mol. The van der Waals surface area contributed by atoms with E-state index in [-0.39, 0.29) is 12.3 Å². The van der Waals surface area contributed by atoms with Crippen molar-refractivity contribution in [2.24, 2.45) is 5.92 Å². The van der Waals surface area contributed by atoms with Crippen LogP contribution in [0.1, 0.15) is 18.9 Å². The molecule has 1 saturated carbocycles. The molecule has 0 spiro atoms. The summed E-state index contributed by atoms with van der Waals surface area (Å²) in [5.74, 6) is -2.92. The molecule has 170 valence electrons. The van der Waals surface area contributed by atoms with Crippen molar-refractivity contribution in [3.05, 3.63) is 42.2 Å². The summed E-state index contributed by atoms with van der Waals surface area (Å²) in [6.45, 7) is 6.04. The van der Waals surface area contributed by atoms with E-state index in [1.165, 1.54) is 12.1 Å². The Labute approximate surface area is 191 Å². The third-order valence-electron chi connectivity index (χ3n) is 6.50. The second-order valence-corrected chi connectivity index (χ2v) is 10.0.